The molecule has 3 rings (SSSR count). The molecular formula is C22H26N4O. The molecule has 5 heteroatoms. The molecule has 0 radical (unpaired) electrons. The van der Waals surface area contributed by atoms with E-state index in [0.717, 1.165) is 26.3 Å². The van der Waals surface area contributed by atoms with E-state index < -0.39 is 0 Å². The number of morpholine rings is 1. The Labute approximate surface area is 161 Å². The standard InChI is InChI=1S/C22H26N4O/c1-18-7-5-6-10-20(18)15-22(25-17-23)24-16-21(19-8-3-2-4-9-19)26-11-13-27-14-12-26/h2-10,21H,11-16H2,1H3,(H,24,25). The van der Waals surface area contributed by atoms with Crippen LogP contribution in [0.1, 0.15) is 22.7 Å². The summed E-state index contributed by atoms with van der Waals surface area (Å²) in [5, 5.41) is 11.9. The number of amidine groups is 1. The van der Waals surface area contributed by atoms with Gasteiger partial charge in [-0.15, -0.1) is 0 Å². The highest BCUT2D eigenvalue weighted by Gasteiger charge is 2.22. The molecule has 1 saturated heterocycles. The van der Waals surface area contributed by atoms with Gasteiger partial charge in [0.15, 0.2) is 6.19 Å². The molecule has 1 fully saturated rings. The van der Waals surface area contributed by atoms with Gasteiger partial charge in [0.1, 0.15) is 5.84 Å². The molecule has 1 N–H and O–H groups in total. The Balaban J connectivity index is 1.79. The van der Waals surface area contributed by atoms with Crippen LogP contribution in [-0.4, -0.2) is 43.6 Å². The number of ether oxygens (including phenoxy) is 1. The number of aryl methyl sites for hydroxylation is 1. The number of benzene rings is 2. The van der Waals surface area contributed by atoms with E-state index in [1.165, 1.54) is 16.7 Å². The van der Waals surface area contributed by atoms with E-state index in [1.807, 2.05) is 24.4 Å². The largest absolute Gasteiger partial charge is 0.379 e. The van der Waals surface area contributed by atoms with Crippen LogP contribution in [-0.2, 0) is 11.2 Å². The van der Waals surface area contributed by atoms with Crippen LogP contribution in [0.5, 0.6) is 0 Å². The Bertz CT molecular complexity index is 791. The van der Waals surface area contributed by atoms with Crippen LogP contribution in [0, 0.1) is 18.4 Å². The Hall–Kier alpha value is -2.68. The van der Waals surface area contributed by atoms with Crippen molar-refractivity contribution in [2.24, 2.45) is 4.99 Å². The maximum Gasteiger partial charge on any atom is 0.182 e. The zero-order valence-electron chi connectivity index (χ0n) is 15.8. The summed E-state index contributed by atoms with van der Waals surface area (Å²) in [6, 6.07) is 18.8. The topological polar surface area (TPSA) is 60.6 Å². The zero-order chi connectivity index (χ0) is 18.9. The van der Waals surface area contributed by atoms with E-state index in [-0.39, 0.29) is 6.04 Å². The Kier molecular flexibility index (Phi) is 6.97. The summed E-state index contributed by atoms with van der Waals surface area (Å²) >= 11 is 0. The first-order chi connectivity index (χ1) is 13.3. The third-order valence-corrected chi connectivity index (χ3v) is 4.95. The normalized spacial score (nSPS) is 16.5. The second-order valence-electron chi connectivity index (χ2n) is 6.70. The van der Waals surface area contributed by atoms with E-state index in [1.54, 1.807) is 0 Å². The third-order valence-electron chi connectivity index (χ3n) is 4.95. The predicted octanol–water partition coefficient (Wildman–Crippen LogP) is 3.08. The molecule has 1 heterocycles. The second-order valence-corrected chi connectivity index (χ2v) is 6.70. The highest BCUT2D eigenvalue weighted by molar-refractivity contribution is 5.85. The fourth-order valence-electron chi connectivity index (χ4n) is 3.39. The molecule has 1 unspecified atom stereocenters. The van der Waals surface area contributed by atoms with Gasteiger partial charge in [-0.05, 0) is 23.6 Å². The van der Waals surface area contributed by atoms with Crippen molar-refractivity contribution in [3.63, 3.8) is 0 Å². The van der Waals surface area contributed by atoms with Crippen LogP contribution in [0.3, 0.4) is 0 Å². The maximum atomic E-state index is 9.15. The number of nitrogens with zero attached hydrogens (tertiary/aromatic N) is 3. The van der Waals surface area contributed by atoms with E-state index in [9.17, 15) is 0 Å². The van der Waals surface area contributed by atoms with Crippen LogP contribution in [0.15, 0.2) is 59.6 Å². The van der Waals surface area contributed by atoms with Crippen molar-refractivity contribution >= 4 is 5.84 Å². The zero-order valence-corrected chi connectivity index (χ0v) is 15.8. The summed E-state index contributed by atoms with van der Waals surface area (Å²) < 4.78 is 5.51. The third kappa shape index (κ3) is 5.40. The van der Waals surface area contributed by atoms with Gasteiger partial charge in [-0.1, -0.05) is 54.6 Å². The number of rotatable bonds is 6. The van der Waals surface area contributed by atoms with Crippen molar-refractivity contribution in [2.75, 3.05) is 32.8 Å². The van der Waals surface area contributed by atoms with E-state index in [2.05, 4.69) is 53.5 Å². The average Bonchev–Trinajstić information content (AvgIpc) is 2.71. The summed E-state index contributed by atoms with van der Waals surface area (Å²) in [6.45, 7) is 5.99. The van der Waals surface area contributed by atoms with Gasteiger partial charge in [0, 0.05) is 19.5 Å². The first-order valence-corrected chi connectivity index (χ1v) is 9.37. The van der Waals surface area contributed by atoms with Crippen LogP contribution in [0.4, 0.5) is 0 Å². The number of aliphatic imine (C=N–C) groups is 1. The smallest absolute Gasteiger partial charge is 0.182 e. The van der Waals surface area contributed by atoms with Gasteiger partial charge in [-0.3, -0.25) is 15.2 Å². The minimum absolute atomic E-state index is 0.183. The molecule has 2 aromatic carbocycles. The molecule has 140 valence electrons. The first kappa shape index (κ1) is 19.1. The molecule has 0 spiro atoms. The quantitative estimate of drug-likeness (QED) is 0.371. The van der Waals surface area contributed by atoms with Crippen molar-refractivity contribution in [2.45, 2.75) is 19.4 Å². The Morgan fingerprint density at radius 1 is 1.15 bits per heavy atom. The molecule has 1 aliphatic heterocycles. The lowest BCUT2D eigenvalue weighted by atomic mass is 10.0. The molecule has 0 bridgehead atoms. The van der Waals surface area contributed by atoms with Crippen molar-refractivity contribution < 1.29 is 4.74 Å². The van der Waals surface area contributed by atoms with Gasteiger partial charge in [0.2, 0.25) is 0 Å². The summed E-state index contributed by atoms with van der Waals surface area (Å²) in [5.74, 6) is 0.709. The Morgan fingerprint density at radius 2 is 1.85 bits per heavy atom. The SMILES string of the molecule is Cc1ccccc1CC(=NCC(c1ccccc1)N1CCOCC1)NC#N. The molecule has 0 aromatic heterocycles. The van der Waals surface area contributed by atoms with Gasteiger partial charge in [-0.2, -0.15) is 5.26 Å². The maximum absolute atomic E-state index is 9.15. The highest BCUT2D eigenvalue weighted by atomic mass is 16.5. The first-order valence-electron chi connectivity index (χ1n) is 9.37. The number of nitrogens with one attached hydrogen (secondary N) is 1. The molecule has 2 aromatic rings. The molecular weight excluding hydrogens is 336 g/mol. The Morgan fingerprint density at radius 3 is 2.56 bits per heavy atom. The average molecular weight is 362 g/mol. The fraction of sp³-hybridized carbons (Fsp3) is 0.364. The molecule has 5 nitrogen and oxygen atoms in total. The van der Waals surface area contributed by atoms with Gasteiger partial charge in [0.25, 0.3) is 0 Å². The van der Waals surface area contributed by atoms with Crippen LogP contribution >= 0.6 is 0 Å². The number of hydrogen-bond acceptors (Lipinski definition) is 4. The number of hydrogen-bond donors (Lipinski definition) is 1. The summed E-state index contributed by atoms with van der Waals surface area (Å²) in [4.78, 5) is 7.22. The van der Waals surface area contributed by atoms with Gasteiger partial charge >= 0.3 is 0 Å². The van der Waals surface area contributed by atoms with Gasteiger partial charge in [0.05, 0.1) is 25.8 Å². The monoisotopic (exact) mass is 362 g/mol. The van der Waals surface area contributed by atoms with Crippen molar-refractivity contribution in [1.82, 2.24) is 10.2 Å². The van der Waals surface area contributed by atoms with Crippen molar-refractivity contribution in [3.05, 3.63) is 71.3 Å². The van der Waals surface area contributed by atoms with Gasteiger partial charge < -0.3 is 4.74 Å². The van der Waals surface area contributed by atoms with E-state index in [4.69, 9.17) is 15.0 Å². The fourth-order valence-corrected chi connectivity index (χ4v) is 3.39. The molecule has 0 amide bonds. The van der Waals surface area contributed by atoms with Gasteiger partial charge in [-0.25, -0.2) is 0 Å². The van der Waals surface area contributed by atoms with Crippen LogP contribution in [0.2, 0.25) is 0 Å². The summed E-state index contributed by atoms with van der Waals surface area (Å²) in [5.41, 5.74) is 3.63. The highest BCUT2D eigenvalue weighted by Crippen LogP contribution is 2.22. The molecule has 1 aliphatic rings. The minimum atomic E-state index is 0.183. The predicted molar refractivity (Wildman–Crippen MR) is 108 cm³/mol. The van der Waals surface area contributed by atoms with Crippen molar-refractivity contribution in [1.29, 1.82) is 5.26 Å². The van der Waals surface area contributed by atoms with E-state index in [0.29, 0.717) is 18.8 Å². The summed E-state index contributed by atoms with van der Waals surface area (Å²) in [7, 11) is 0. The summed E-state index contributed by atoms with van der Waals surface area (Å²) in [6.07, 6.45) is 2.67. The lowest BCUT2D eigenvalue weighted by Crippen LogP contribution is -2.40. The molecule has 0 aliphatic carbocycles. The molecule has 1 atom stereocenters. The lowest BCUT2D eigenvalue weighted by Gasteiger charge is -2.34. The molecule has 0 saturated carbocycles. The van der Waals surface area contributed by atoms with Crippen LogP contribution in [0.25, 0.3) is 0 Å². The van der Waals surface area contributed by atoms with E-state index >= 15 is 0 Å². The minimum Gasteiger partial charge on any atom is -0.379 e. The van der Waals surface area contributed by atoms with Crippen molar-refractivity contribution in [3.8, 4) is 6.19 Å². The number of nitriles is 1. The molecule has 27 heavy (non-hydrogen) atoms. The lowest BCUT2D eigenvalue weighted by molar-refractivity contribution is 0.0180. The van der Waals surface area contributed by atoms with Crippen LogP contribution < -0.4 is 5.32 Å². The second kappa shape index (κ2) is 9.86.